The van der Waals surface area contributed by atoms with E-state index in [0.29, 0.717) is 24.0 Å². The van der Waals surface area contributed by atoms with Crippen molar-refractivity contribution in [2.45, 2.75) is 38.8 Å². The van der Waals surface area contributed by atoms with Crippen LogP contribution in [0.2, 0.25) is 5.02 Å². The van der Waals surface area contributed by atoms with Crippen LogP contribution in [0.15, 0.2) is 72.8 Å². The number of hydrogen-bond acceptors (Lipinski definition) is 2. The molecule has 1 fully saturated rings. The molecular formula is C28H31ClFN3O. The molecule has 1 heterocycles. The standard InChI is InChI=1S/C28H31ClFN3O/c1-2-31-28(34)33(26-8-5-7-24(29)18-26)20-23-6-3-4-9-27(23)22-14-16-32(17-15-22)19-21-10-12-25(30)13-11-21/h3-13,18,22H,2,14-17,19-20H2,1H3,(H,31,34). The normalized spacial score (nSPS) is 14.7. The van der Waals surface area contributed by atoms with Crippen molar-refractivity contribution in [1.82, 2.24) is 10.2 Å². The summed E-state index contributed by atoms with van der Waals surface area (Å²) in [5.41, 5.74) is 4.38. The number of urea groups is 1. The predicted octanol–water partition coefficient (Wildman–Crippen LogP) is 6.59. The first-order valence-electron chi connectivity index (χ1n) is 11.9. The molecule has 0 aliphatic carbocycles. The third kappa shape index (κ3) is 6.16. The van der Waals surface area contributed by atoms with Crippen molar-refractivity contribution >= 4 is 23.3 Å². The highest BCUT2D eigenvalue weighted by atomic mass is 35.5. The van der Waals surface area contributed by atoms with Crippen LogP contribution in [-0.2, 0) is 13.1 Å². The van der Waals surface area contributed by atoms with E-state index in [1.54, 1.807) is 4.90 Å². The van der Waals surface area contributed by atoms with Gasteiger partial charge in [-0.1, -0.05) is 54.1 Å². The average Bonchev–Trinajstić information content (AvgIpc) is 2.85. The summed E-state index contributed by atoms with van der Waals surface area (Å²) in [5, 5.41) is 3.53. The van der Waals surface area contributed by atoms with Gasteiger partial charge in [0.05, 0.1) is 6.54 Å². The average molecular weight is 480 g/mol. The quantitative estimate of drug-likeness (QED) is 0.414. The first-order chi connectivity index (χ1) is 16.5. The van der Waals surface area contributed by atoms with E-state index in [2.05, 4.69) is 28.4 Å². The van der Waals surface area contributed by atoms with Crippen LogP contribution in [0, 0.1) is 5.82 Å². The number of benzene rings is 3. The summed E-state index contributed by atoms with van der Waals surface area (Å²) in [6.07, 6.45) is 2.10. The van der Waals surface area contributed by atoms with Gasteiger partial charge in [-0.3, -0.25) is 9.80 Å². The zero-order chi connectivity index (χ0) is 23.9. The second-order valence-electron chi connectivity index (χ2n) is 8.78. The zero-order valence-corrected chi connectivity index (χ0v) is 20.3. The van der Waals surface area contributed by atoms with Gasteiger partial charge >= 0.3 is 6.03 Å². The number of halogens is 2. The molecule has 2 amide bonds. The summed E-state index contributed by atoms with van der Waals surface area (Å²) in [4.78, 5) is 17.1. The maximum atomic E-state index is 13.2. The maximum Gasteiger partial charge on any atom is 0.322 e. The number of nitrogens with zero attached hydrogens (tertiary/aromatic N) is 2. The highest BCUT2D eigenvalue weighted by Gasteiger charge is 2.24. The van der Waals surface area contributed by atoms with Crippen LogP contribution in [-0.4, -0.2) is 30.6 Å². The van der Waals surface area contributed by atoms with Gasteiger partial charge in [0.2, 0.25) is 0 Å². The molecule has 6 heteroatoms. The van der Waals surface area contributed by atoms with Crippen molar-refractivity contribution in [3.05, 3.63) is 100 Å². The van der Waals surface area contributed by atoms with E-state index in [4.69, 9.17) is 11.6 Å². The minimum Gasteiger partial charge on any atom is -0.338 e. The van der Waals surface area contributed by atoms with Gasteiger partial charge in [-0.2, -0.15) is 0 Å². The van der Waals surface area contributed by atoms with Crippen LogP contribution < -0.4 is 10.2 Å². The molecule has 3 aromatic rings. The lowest BCUT2D eigenvalue weighted by atomic mass is 9.86. The lowest BCUT2D eigenvalue weighted by Crippen LogP contribution is -2.40. The summed E-state index contributed by atoms with van der Waals surface area (Å²) in [6, 6.07) is 22.5. The molecule has 0 unspecified atom stereocenters. The van der Waals surface area contributed by atoms with Crippen LogP contribution in [0.4, 0.5) is 14.9 Å². The number of likely N-dealkylation sites (tertiary alicyclic amines) is 1. The second kappa shape index (κ2) is 11.5. The molecule has 1 aliphatic rings. The number of carbonyl (C=O) groups is 1. The molecule has 0 radical (unpaired) electrons. The molecule has 34 heavy (non-hydrogen) atoms. The topological polar surface area (TPSA) is 35.6 Å². The van der Waals surface area contributed by atoms with Crippen molar-refractivity contribution in [2.24, 2.45) is 0 Å². The third-order valence-corrected chi connectivity index (χ3v) is 6.66. The van der Waals surface area contributed by atoms with Crippen molar-refractivity contribution in [3.8, 4) is 0 Å². The summed E-state index contributed by atoms with van der Waals surface area (Å²) < 4.78 is 13.2. The first kappa shape index (κ1) is 24.2. The van der Waals surface area contributed by atoms with Crippen molar-refractivity contribution in [3.63, 3.8) is 0 Å². The molecule has 1 aliphatic heterocycles. The lowest BCUT2D eigenvalue weighted by Gasteiger charge is -2.33. The smallest absolute Gasteiger partial charge is 0.322 e. The van der Waals surface area contributed by atoms with Gasteiger partial charge in [-0.15, -0.1) is 0 Å². The Morgan fingerprint density at radius 3 is 2.50 bits per heavy atom. The molecule has 0 spiro atoms. The lowest BCUT2D eigenvalue weighted by molar-refractivity contribution is 0.204. The number of amides is 2. The van der Waals surface area contributed by atoms with Crippen molar-refractivity contribution < 1.29 is 9.18 Å². The van der Waals surface area contributed by atoms with E-state index in [0.717, 1.165) is 49.3 Å². The first-order valence-corrected chi connectivity index (χ1v) is 12.3. The zero-order valence-electron chi connectivity index (χ0n) is 19.5. The van der Waals surface area contributed by atoms with Crippen molar-refractivity contribution in [2.75, 3.05) is 24.5 Å². The summed E-state index contributed by atoms with van der Waals surface area (Å²) in [5.74, 6) is 0.245. The van der Waals surface area contributed by atoms with Crippen LogP contribution in [0.1, 0.15) is 42.4 Å². The third-order valence-electron chi connectivity index (χ3n) is 6.42. The number of carbonyl (C=O) groups excluding carboxylic acids is 1. The minimum absolute atomic E-state index is 0.131. The van der Waals surface area contributed by atoms with E-state index in [9.17, 15) is 9.18 Å². The number of hydrogen-bond donors (Lipinski definition) is 1. The van der Waals surface area contributed by atoms with Crippen LogP contribution in [0.25, 0.3) is 0 Å². The fraction of sp³-hybridized carbons (Fsp3) is 0.321. The second-order valence-corrected chi connectivity index (χ2v) is 9.21. The number of anilines is 1. The fourth-order valence-electron chi connectivity index (χ4n) is 4.67. The molecule has 178 valence electrons. The van der Waals surface area contributed by atoms with Gasteiger partial charge in [0.15, 0.2) is 0 Å². The molecule has 4 nitrogen and oxygen atoms in total. The Morgan fingerprint density at radius 1 is 1.06 bits per heavy atom. The Hall–Kier alpha value is -2.89. The maximum absolute atomic E-state index is 13.2. The molecular weight excluding hydrogens is 449 g/mol. The molecule has 3 aromatic carbocycles. The van der Waals surface area contributed by atoms with Crippen LogP contribution >= 0.6 is 11.6 Å². The minimum atomic E-state index is -0.196. The highest BCUT2D eigenvalue weighted by molar-refractivity contribution is 6.30. The Labute approximate surface area is 206 Å². The van der Waals surface area contributed by atoms with Crippen LogP contribution in [0.5, 0.6) is 0 Å². The van der Waals surface area contributed by atoms with Gasteiger partial charge in [0.1, 0.15) is 5.82 Å². The number of nitrogens with one attached hydrogen (secondary N) is 1. The van der Waals surface area contributed by atoms with Gasteiger partial charge in [-0.25, -0.2) is 9.18 Å². The fourth-order valence-corrected chi connectivity index (χ4v) is 4.85. The Kier molecular flexibility index (Phi) is 8.20. The molecule has 0 aromatic heterocycles. The molecule has 0 atom stereocenters. The van der Waals surface area contributed by atoms with E-state index in [-0.39, 0.29) is 11.8 Å². The summed E-state index contributed by atoms with van der Waals surface area (Å²) in [7, 11) is 0. The van der Waals surface area contributed by atoms with Gasteiger partial charge in [0.25, 0.3) is 0 Å². The van der Waals surface area contributed by atoms with E-state index in [1.807, 2.05) is 49.4 Å². The molecule has 0 saturated carbocycles. The van der Waals surface area contributed by atoms with Gasteiger partial charge in [0, 0.05) is 23.8 Å². The Balaban J connectivity index is 1.47. The Bertz CT molecular complexity index is 1100. The molecule has 1 N–H and O–H groups in total. The number of piperidine rings is 1. The Morgan fingerprint density at radius 2 is 1.79 bits per heavy atom. The van der Waals surface area contributed by atoms with E-state index < -0.39 is 0 Å². The predicted molar refractivity (Wildman–Crippen MR) is 137 cm³/mol. The summed E-state index contributed by atoms with van der Waals surface area (Å²) in [6.45, 7) is 5.79. The number of rotatable bonds is 7. The van der Waals surface area contributed by atoms with Gasteiger partial charge in [-0.05, 0) is 85.8 Å². The molecule has 4 rings (SSSR count). The monoisotopic (exact) mass is 479 g/mol. The summed E-state index contributed by atoms with van der Waals surface area (Å²) >= 11 is 6.22. The van der Waals surface area contributed by atoms with Gasteiger partial charge < -0.3 is 5.32 Å². The van der Waals surface area contributed by atoms with Crippen molar-refractivity contribution in [1.29, 1.82) is 0 Å². The largest absolute Gasteiger partial charge is 0.338 e. The van der Waals surface area contributed by atoms with E-state index >= 15 is 0 Å². The molecule has 1 saturated heterocycles. The van der Waals surface area contributed by atoms with Crippen LogP contribution in [0.3, 0.4) is 0 Å². The highest BCUT2D eigenvalue weighted by Crippen LogP contribution is 2.32. The SMILES string of the molecule is CCNC(=O)N(Cc1ccccc1C1CCN(Cc2ccc(F)cc2)CC1)c1cccc(Cl)c1. The molecule has 0 bridgehead atoms. The van der Waals surface area contributed by atoms with E-state index in [1.165, 1.54) is 17.7 Å².